The van der Waals surface area contributed by atoms with E-state index in [-0.39, 0.29) is 24.7 Å². The lowest BCUT2D eigenvalue weighted by atomic mass is 10.2. The molecule has 2 aromatic heterocycles. The minimum absolute atomic E-state index is 0.0989. The van der Waals surface area contributed by atoms with Crippen LogP contribution in [0.5, 0.6) is 0 Å². The lowest BCUT2D eigenvalue weighted by Crippen LogP contribution is -2.34. The highest BCUT2D eigenvalue weighted by Crippen LogP contribution is 2.10. The van der Waals surface area contributed by atoms with E-state index in [0.717, 1.165) is 37.2 Å². The van der Waals surface area contributed by atoms with Crippen LogP contribution in [0.3, 0.4) is 0 Å². The van der Waals surface area contributed by atoms with Crippen LogP contribution in [-0.4, -0.2) is 35.0 Å². The summed E-state index contributed by atoms with van der Waals surface area (Å²) in [5, 5.41) is 15.1. The molecule has 1 amide bonds. The number of rotatable bonds is 5. The maximum absolute atomic E-state index is 12.4. The van der Waals surface area contributed by atoms with Crippen LogP contribution < -0.4 is 11.0 Å². The number of hydrogen-bond acceptors (Lipinski definition) is 5. The Morgan fingerprint density at radius 2 is 2.00 bits per heavy atom. The van der Waals surface area contributed by atoms with Crippen molar-refractivity contribution in [1.29, 1.82) is 0 Å². The smallest absolute Gasteiger partial charge is 0.346 e. The van der Waals surface area contributed by atoms with Gasteiger partial charge in [0.2, 0.25) is 5.91 Å². The number of nitrogens with one attached hydrogen (secondary N) is 1. The van der Waals surface area contributed by atoms with Gasteiger partial charge in [-0.2, -0.15) is 5.10 Å². The van der Waals surface area contributed by atoms with Gasteiger partial charge in [-0.1, -0.05) is 24.6 Å². The number of aromatic nitrogens is 6. The number of para-hydroxylation sites is 1. The van der Waals surface area contributed by atoms with Crippen molar-refractivity contribution in [2.24, 2.45) is 0 Å². The fourth-order valence-corrected chi connectivity index (χ4v) is 3.28. The molecule has 1 aromatic carbocycles. The summed E-state index contributed by atoms with van der Waals surface area (Å²) in [4.78, 5) is 24.7. The highest BCUT2D eigenvalue weighted by Gasteiger charge is 2.17. The summed E-state index contributed by atoms with van der Waals surface area (Å²) in [5.74, 6) is 1.10. The van der Waals surface area contributed by atoms with Gasteiger partial charge in [0, 0.05) is 18.7 Å². The molecule has 0 unspecified atom stereocenters. The molecule has 9 heteroatoms. The van der Waals surface area contributed by atoms with E-state index in [1.165, 1.54) is 4.68 Å². The van der Waals surface area contributed by atoms with Crippen LogP contribution in [0.1, 0.15) is 30.9 Å². The first-order chi connectivity index (χ1) is 13.2. The van der Waals surface area contributed by atoms with E-state index in [9.17, 15) is 9.59 Å². The third kappa shape index (κ3) is 3.67. The van der Waals surface area contributed by atoms with Crippen molar-refractivity contribution in [3.05, 3.63) is 58.8 Å². The van der Waals surface area contributed by atoms with Crippen LogP contribution >= 0.6 is 0 Å². The maximum atomic E-state index is 12.4. The van der Waals surface area contributed by atoms with Crippen LogP contribution in [0, 0.1) is 0 Å². The average Bonchev–Trinajstić information content (AvgIpc) is 3.18. The van der Waals surface area contributed by atoms with Crippen LogP contribution in [0.2, 0.25) is 0 Å². The zero-order chi connectivity index (χ0) is 18.6. The largest absolute Gasteiger partial charge is 0.347 e. The van der Waals surface area contributed by atoms with Gasteiger partial charge in [0.1, 0.15) is 18.7 Å². The fourth-order valence-electron chi connectivity index (χ4n) is 3.28. The van der Waals surface area contributed by atoms with Gasteiger partial charge in [0.25, 0.3) is 0 Å². The third-order valence-corrected chi connectivity index (χ3v) is 4.67. The third-order valence-electron chi connectivity index (χ3n) is 4.67. The van der Waals surface area contributed by atoms with E-state index in [4.69, 9.17) is 0 Å². The van der Waals surface area contributed by atoms with Gasteiger partial charge in [-0.15, -0.1) is 10.2 Å². The van der Waals surface area contributed by atoms with E-state index in [1.807, 2.05) is 34.9 Å². The molecule has 27 heavy (non-hydrogen) atoms. The first kappa shape index (κ1) is 17.2. The minimum Gasteiger partial charge on any atom is -0.347 e. The minimum atomic E-state index is -0.284. The van der Waals surface area contributed by atoms with Gasteiger partial charge < -0.3 is 5.32 Å². The molecule has 0 atom stereocenters. The number of carbonyl (C=O) groups excluding carboxylic acids is 1. The Bertz CT molecular complexity index is 987. The molecule has 1 aliphatic rings. The summed E-state index contributed by atoms with van der Waals surface area (Å²) in [7, 11) is 0. The Kier molecular flexibility index (Phi) is 4.82. The molecule has 0 saturated heterocycles. The topological polar surface area (TPSA) is 99.6 Å². The van der Waals surface area contributed by atoms with Gasteiger partial charge in [0.05, 0.1) is 6.54 Å². The maximum Gasteiger partial charge on any atom is 0.346 e. The Labute approximate surface area is 155 Å². The van der Waals surface area contributed by atoms with Crippen LogP contribution in [0.15, 0.2) is 41.5 Å². The molecule has 140 valence electrons. The lowest BCUT2D eigenvalue weighted by molar-refractivity contribution is -0.122. The molecule has 3 aromatic rings. The van der Waals surface area contributed by atoms with Crippen LogP contribution in [-0.2, 0) is 30.8 Å². The fraction of sp³-hybridized carbons (Fsp3) is 0.389. The summed E-state index contributed by atoms with van der Waals surface area (Å²) < 4.78 is 4.75. The number of hydrogen-bond donors (Lipinski definition) is 1. The molecule has 3 heterocycles. The van der Waals surface area contributed by atoms with Crippen molar-refractivity contribution in [2.75, 3.05) is 0 Å². The van der Waals surface area contributed by atoms with E-state index >= 15 is 0 Å². The number of carbonyl (C=O) groups is 1. The van der Waals surface area contributed by atoms with Crippen molar-refractivity contribution in [3.8, 4) is 5.69 Å². The van der Waals surface area contributed by atoms with Crippen molar-refractivity contribution in [3.63, 3.8) is 0 Å². The van der Waals surface area contributed by atoms with E-state index in [2.05, 4.69) is 20.6 Å². The molecule has 9 nitrogen and oxygen atoms in total. The molecule has 1 aliphatic heterocycles. The standard InChI is InChI=1S/C18H21N7O2/c26-17(12-25-18(27)23-10-6-2-5-9-15(23)22-25)19-11-16-21-20-13-24(16)14-7-3-1-4-8-14/h1,3-4,7-8,13H,2,5-6,9-12H2,(H,19,26). The summed E-state index contributed by atoms with van der Waals surface area (Å²) in [6.07, 6.45) is 5.49. The Morgan fingerprint density at radius 3 is 2.85 bits per heavy atom. The quantitative estimate of drug-likeness (QED) is 0.714. The van der Waals surface area contributed by atoms with Crippen molar-refractivity contribution < 1.29 is 4.79 Å². The summed E-state index contributed by atoms with van der Waals surface area (Å²) in [6, 6.07) is 9.65. The van der Waals surface area contributed by atoms with E-state index in [0.29, 0.717) is 12.4 Å². The molecular weight excluding hydrogens is 346 g/mol. The molecule has 4 rings (SSSR count). The molecule has 0 bridgehead atoms. The molecule has 1 N–H and O–H groups in total. The molecule has 0 saturated carbocycles. The molecule has 0 aliphatic carbocycles. The summed E-state index contributed by atoms with van der Waals surface area (Å²) >= 11 is 0. The number of benzene rings is 1. The predicted molar refractivity (Wildman–Crippen MR) is 97.2 cm³/mol. The second-order valence-electron chi connectivity index (χ2n) is 6.55. The van der Waals surface area contributed by atoms with Crippen molar-refractivity contribution in [2.45, 2.75) is 45.3 Å². The van der Waals surface area contributed by atoms with Gasteiger partial charge in [-0.25, -0.2) is 9.48 Å². The van der Waals surface area contributed by atoms with Crippen molar-refractivity contribution >= 4 is 5.91 Å². The molecule has 0 radical (unpaired) electrons. The van der Waals surface area contributed by atoms with E-state index < -0.39 is 0 Å². The SMILES string of the molecule is O=C(Cn1nc2n(c1=O)CCCCC2)NCc1nncn1-c1ccccc1. The number of aryl methyl sites for hydroxylation is 1. The number of fused-ring (bicyclic) bond motifs is 1. The molecule has 0 fully saturated rings. The van der Waals surface area contributed by atoms with Gasteiger partial charge in [-0.3, -0.25) is 13.9 Å². The van der Waals surface area contributed by atoms with Gasteiger partial charge >= 0.3 is 5.69 Å². The monoisotopic (exact) mass is 367 g/mol. The highest BCUT2D eigenvalue weighted by molar-refractivity contribution is 5.75. The van der Waals surface area contributed by atoms with Gasteiger partial charge in [-0.05, 0) is 25.0 Å². The highest BCUT2D eigenvalue weighted by atomic mass is 16.2. The summed E-state index contributed by atoms with van der Waals surface area (Å²) in [5.41, 5.74) is 0.704. The molecular formula is C18H21N7O2. The summed E-state index contributed by atoms with van der Waals surface area (Å²) in [6.45, 7) is 0.796. The zero-order valence-electron chi connectivity index (χ0n) is 14.9. The normalized spacial score (nSPS) is 13.8. The number of nitrogens with zero attached hydrogens (tertiary/aromatic N) is 6. The van der Waals surface area contributed by atoms with Crippen LogP contribution in [0.4, 0.5) is 0 Å². The van der Waals surface area contributed by atoms with Gasteiger partial charge in [0.15, 0.2) is 5.82 Å². The average molecular weight is 367 g/mol. The second-order valence-corrected chi connectivity index (χ2v) is 6.55. The Balaban J connectivity index is 1.42. The molecule has 0 spiro atoms. The second kappa shape index (κ2) is 7.56. The Morgan fingerprint density at radius 1 is 1.15 bits per heavy atom. The predicted octanol–water partition coefficient (Wildman–Crippen LogP) is 0.668. The first-order valence-corrected chi connectivity index (χ1v) is 9.10. The zero-order valence-corrected chi connectivity index (χ0v) is 14.9. The van der Waals surface area contributed by atoms with Crippen LogP contribution in [0.25, 0.3) is 5.69 Å². The van der Waals surface area contributed by atoms with E-state index in [1.54, 1.807) is 10.9 Å². The lowest BCUT2D eigenvalue weighted by Gasteiger charge is -2.07. The first-order valence-electron chi connectivity index (χ1n) is 9.10. The Hall–Kier alpha value is -3.23. The van der Waals surface area contributed by atoms with Crippen molar-refractivity contribution in [1.82, 2.24) is 34.4 Å². The number of amides is 1.